The first-order chi connectivity index (χ1) is 10.9. The van der Waals surface area contributed by atoms with E-state index in [2.05, 4.69) is 10.6 Å². The number of amides is 1. The van der Waals surface area contributed by atoms with Crippen LogP contribution in [0.25, 0.3) is 0 Å². The first kappa shape index (κ1) is 19.1. The number of carbonyl (C=O) groups is 2. The monoisotopic (exact) mass is 338 g/mol. The van der Waals surface area contributed by atoms with Crippen LogP contribution in [0.4, 0.5) is 5.69 Å². The third-order valence-electron chi connectivity index (χ3n) is 3.21. The molecule has 23 heavy (non-hydrogen) atoms. The molecular formula is C16H22N2O4S. The van der Waals surface area contributed by atoms with Gasteiger partial charge in [-0.05, 0) is 43.3 Å². The van der Waals surface area contributed by atoms with Crippen LogP contribution in [-0.4, -0.2) is 37.3 Å². The zero-order valence-corrected chi connectivity index (χ0v) is 14.4. The summed E-state index contributed by atoms with van der Waals surface area (Å²) in [4.78, 5) is 23.1. The molecule has 0 radical (unpaired) electrons. The highest BCUT2D eigenvalue weighted by Crippen LogP contribution is 2.17. The fraction of sp³-hybridized carbons (Fsp3) is 0.438. The SMILES string of the molecule is COCCOC(=O)CCC(=O)NC(=S)Nc1cccc(C)c1C. The maximum Gasteiger partial charge on any atom is 0.306 e. The third-order valence-corrected chi connectivity index (χ3v) is 3.42. The normalized spacial score (nSPS) is 10.0. The van der Waals surface area contributed by atoms with E-state index in [1.807, 2.05) is 32.0 Å². The summed E-state index contributed by atoms with van der Waals surface area (Å²) in [7, 11) is 1.52. The van der Waals surface area contributed by atoms with Crippen molar-refractivity contribution in [2.45, 2.75) is 26.7 Å². The minimum Gasteiger partial charge on any atom is -0.463 e. The Morgan fingerprint density at radius 1 is 1.17 bits per heavy atom. The van der Waals surface area contributed by atoms with Gasteiger partial charge in [0.2, 0.25) is 5.91 Å². The number of esters is 1. The van der Waals surface area contributed by atoms with E-state index in [0.717, 1.165) is 16.8 Å². The second-order valence-electron chi connectivity index (χ2n) is 4.96. The average Bonchev–Trinajstić information content (AvgIpc) is 2.50. The van der Waals surface area contributed by atoms with E-state index in [0.29, 0.717) is 6.61 Å². The maximum absolute atomic E-state index is 11.8. The summed E-state index contributed by atoms with van der Waals surface area (Å²) in [5.41, 5.74) is 3.03. The lowest BCUT2D eigenvalue weighted by molar-refractivity contribution is -0.146. The molecule has 0 saturated carbocycles. The van der Waals surface area contributed by atoms with Crippen molar-refractivity contribution in [1.29, 1.82) is 0 Å². The molecule has 6 nitrogen and oxygen atoms in total. The van der Waals surface area contributed by atoms with E-state index >= 15 is 0 Å². The molecule has 1 amide bonds. The van der Waals surface area contributed by atoms with Gasteiger partial charge in [0.1, 0.15) is 6.61 Å². The number of anilines is 1. The highest BCUT2D eigenvalue weighted by Gasteiger charge is 2.10. The molecule has 0 aliphatic heterocycles. The number of benzene rings is 1. The second-order valence-corrected chi connectivity index (χ2v) is 5.37. The Balaban J connectivity index is 2.35. The predicted octanol–water partition coefficient (Wildman–Crippen LogP) is 2.09. The molecule has 0 aliphatic rings. The van der Waals surface area contributed by atoms with Crippen molar-refractivity contribution in [3.05, 3.63) is 29.3 Å². The van der Waals surface area contributed by atoms with E-state index in [-0.39, 0.29) is 30.5 Å². The van der Waals surface area contributed by atoms with Crippen LogP contribution in [0, 0.1) is 13.8 Å². The first-order valence-electron chi connectivity index (χ1n) is 7.25. The van der Waals surface area contributed by atoms with E-state index < -0.39 is 5.97 Å². The van der Waals surface area contributed by atoms with Gasteiger partial charge in [-0.1, -0.05) is 12.1 Å². The fourth-order valence-corrected chi connectivity index (χ4v) is 1.98. The second kappa shape index (κ2) is 9.91. The summed E-state index contributed by atoms with van der Waals surface area (Å²) < 4.78 is 9.63. The number of hydrogen-bond acceptors (Lipinski definition) is 5. The summed E-state index contributed by atoms with van der Waals surface area (Å²) in [5, 5.41) is 5.73. The highest BCUT2D eigenvalue weighted by molar-refractivity contribution is 7.80. The highest BCUT2D eigenvalue weighted by atomic mass is 32.1. The molecule has 2 N–H and O–H groups in total. The molecule has 7 heteroatoms. The molecule has 0 bridgehead atoms. The van der Waals surface area contributed by atoms with Crippen LogP contribution in [0.1, 0.15) is 24.0 Å². The van der Waals surface area contributed by atoms with Crippen molar-refractivity contribution in [1.82, 2.24) is 5.32 Å². The summed E-state index contributed by atoms with van der Waals surface area (Å²) >= 11 is 5.10. The van der Waals surface area contributed by atoms with E-state index in [9.17, 15) is 9.59 Å². The maximum atomic E-state index is 11.8. The Bertz CT molecular complexity index is 575. The number of rotatable bonds is 7. The lowest BCUT2D eigenvalue weighted by Gasteiger charge is -2.13. The minimum atomic E-state index is -0.439. The van der Waals surface area contributed by atoms with Crippen molar-refractivity contribution in [2.75, 3.05) is 25.6 Å². The van der Waals surface area contributed by atoms with Crippen molar-refractivity contribution in [3.8, 4) is 0 Å². The quantitative estimate of drug-likeness (QED) is 0.450. The number of nitrogens with one attached hydrogen (secondary N) is 2. The van der Waals surface area contributed by atoms with E-state index in [1.54, 1.807) is 0 Å². The summed E-state index contributed by atoms with van der Waals surface area (Å²) in [6, 6.07) is 5.79. The molecule has 1 aromatic carbocycles. The predicted molar refractivity (Wildman–Crippen MR) is 92.3 cm³/mol. The molecule has 1 aromatic rings. The zero-order chi connectivity index (χ0) is 17.2. The number of carbonyl (C=O) groups excluding carboxylic acids is 2. The van der Waals surface area contributed by atoms with Gasteiger partial charge in [-0.3, -0.25) is 9.59 Å². The minimum absolute atomic E-state index is 0.00162. The van der Waals surface area contributed by atoms with Crippen LogP contribution in [0.15, 0.2) is 18.2 Å². The molecule has 0 saturated heterocycles. The summed E-state index contributed by atoms with van der Waals surface area (Å²) in [5.74, 6) is -0.776. The molecule has 0 fully saturated rings. The molecule has 0 heterocycles. The molecular weight excluding hydrogens is 316 g/mol. The molecule has 0 spiro atoms. The van der Waals surface area contributed by atoms with Gasteiger partial charge in [-0.15, -0.1) is 0 Å². The van der Waals surface area contributed by atoms with Gasteiger partial charge in [-0.2, -0.15) is 0 Å². The Morgan fingerprint density at radius 3 is 2.61 bits per heavy atom. The average molecular weight is 338 g/mol. The standard InChI is InChI=1S/C16H22N2O4S/c1-11-5-4-6-13(12(11)2)17-16(23)18-14(19)7-8-15(20)22-10-9-21-3/h4-6H,7-10H2,1-3H3,(H2,17,18,19,23). The molecule has 0 aromatic heterocycles. The van der Waals surface area contributed by atoms with Gasteiger partial charge in [-0.25, -0.2) is 0 Å². The van der Waals surface area contributed by atoms with Gasteiger partial charge in [0.05, 0.1) is 13.0 Å². The van der Waals surface area contributed by atoms with Gasteiger partial charge in [0.15, 0.2) is 5.11 Å². The Kier molecular flexibility index (Phi) is 8.21. The Morgan fingerprint density at radius 2 is 1.91 bits per heavy atom. The van der Waals surface area contributed by atoms with Gasteiger partial charge in [0.25, 0.3) is 0 Å². The molecule has 0 unspecified atom stereocenters. The summed E-state index contributed by atoms with van der Waals surface area (Å²) in [6.07, 6.45) is 0.0159. The van der Waals surface area contributed by atoms with Gasteiger partial charge < -0.3 is 20.1 Å². The Labute approximate surface area is 141 Å². The Hall–Kier alpha value is -1.99. The molecule has 0 aliphatic carbocycles. The van der Waals surface area contributed by atoms with Crippen LogP contribution in [0.3, 0.4) is 0 Å². The number of hydrogen-bond donors (Lipinski definition) is 2. The number of ether oxygens (including phenoxy) is 2. The molecule has 0 atom stereocenters. The van der Waals surface area contributed by atoms with E-state index in [4.69, 9.17) is 21.7 Å². The van der Waals surface area contributed by atoms with Gasteiger partial charge in [0, 0.05) is 19.2 Å². The smallest absolute Gasteiger partial charge is 0.306 e. The lowest BCUT2D eigenvalue weighted by atomic mass is 10.1. The largest absolute Gasteiger partial charge is 0.463 e. The number of thiocarbonyl (C=S) groups is 1. The van der Waals surface area contributed by atoms with Crippen molar-refractivity contribution in [2.24, 2.45) is 0 Å². The van der Waals surface area contributed by atoms with E-state index in [1.165, 1.54) is 7.11 Å². The number of methoxy groups -OCH3 is 1. The van der Waals surface area contributed by atoms with Crippen LogP contribution in [0.5, 0.6) is 0 Å². The number of aryl methyl sites for hydroxylation is 1. The topological polar surface area (TPSA) is 76.7 Å². The van der Waals surface area contributed by atoms with Crippen molar-refractivity contribution >= 4 is 34.9 Å². The first-order valence-corrected chi connectivity index (χ1v) is 7.66. The fourth-order valence-electron chi connectivity index (χ4n) is 1.76. The van der Waals surface area contributed by atoms with Crippen LogP contribution in [0.2, 0.25) is 0 Å². The van der Waals surface area contributed by atoms with Crippen LogP contribution < -0.4 is 10.6 Å². The van der Waals surface area contributed by atoms with Gasteiger partial charge >= 0.3 is 5.97 Å². The van der Waals surface area contributed by atoms with Crippen molar-refractivity contribution in [3.63, 3.8) is 0 Å². The zero-order valence-electron chi connectivity index (χ0n) is 13.6. The molecule has 1 rings (SSSR count). The lowest BCUT2D eigenvalue weighted by Crippen LogP contribution is -2.34. The van der Waals surface area contributed by atoms with Crippen molar-refractivity contribution < 1.29 is 19.1 Å². The van der Waals surface area contributed by atoms with Crippen LogP contribution in [-0.2, 0) is 19.1 Å². The molecule has 126 valence electrons. The third kappa shape index (κ3) is 7.21. The summed E-state index contributed by atoms with van der Waals surface area (Å²) in [6.45, 7) is 4.49. The van der Waals surface area contributed by atoms with Crippen LogP contribution >= 0.6 is 12.2 Å².